The quantitative estimate of drug-likeness (QED) is 0.0909. The number of hydrogen-bond donors (Lipinski definition) is 3. The number of nitrogens with one attached hydrogen (secondary N) is 2. The summed E-state index contributed by atoms with van der Waals surface area (Å²) < 4.78 is 19.2. The predicted octanol–water partition coefficient (Wildman–Crippen LogP) is 8.14. The minimum atomic E-state index is -0.644. The van der Waals surface area contributed by atoms with Crippen molar-refractivity contribution in [1.29, 1.82) is 0 Å². The Bertz CT molecular complexity index is 1990. The first-order valence-electron chi connectivity index (χ1n) is 18.0. The third-order valence-electron chi connectivity index (χ3n) is 9.89. The van der Waals surface area contributed by atoms with Crippen LogP contribution in [0.2, 0.25) is 0 Å². The van der Waals surface area contributed by atoms with Crippen LogP contribution in [0.3, 0.4) is 0 Å². The van der Waals surface area contributed by atoms with E-state index >= 15 is 0 Å². The van der Waals surface area contributed by atoms with Gasteiger partial charge in [0.2, 0.25) is 0 Å². The zero-order valence-corrected chi connectivity index (χ0v) is 29.9. The van der Waals surface area contributed by atoms with Crippen LogP contribution in [0.25, 0.3) is 0 Å². The zero-order valence-electron chi connectivity index (χ0n) is 29.9. The van der Waals surface area contributed by atoms with E-state index in [0.29, 0.717) is 23.7 Å². The number of piperazine rings is 1. The SMILES string of the molecule is C[C@H]1[C@@H](CN2CCN(c3ccc([N+](=O)[O-])cc3)CC2)O[C@@H](c2ccc(NC(=O)Nc3ccc(Oc4ccccc4)cc3)cc2)O[C@H]1c1ccc(CO)cc1. The van der Waals surface area contributed by atoms with E-state index < -0.39 is 6.29 Å². The average molecular weight is 730 g/mol. The number of nitro groups is 1. The van der Waals surface area contributed by atoms with Gasteiger partial charge in [0, 0.05) is 73.4 Å². The Balaban J connectivity index is 0.985. The molecule has 2 amide bonds. The maximum absolute atomic E-state index is 12.8. The zero-order chi connectivity index (χ0) is 37.4. The molecule has 4 atom stereocenters. The highest BCUT2D eigenvalue weighted by molar-refractivity contribution is 5.99. The van der Waals surface area contributed by atoms with Gasteiger partial charge in [-0.2, -0.15) is 0 Å². The molecule has 5 aromatic carbocycles. The number of anilines is 3. The van der Waals surface area contributed by atoms with Crippen LogP contribution in [0.15, 0.2) is 127 Å². The number of nitro benzene ring substituents is 1. The molecule has 0 radical (unpaired) electrons. The van der Waals surface area contributed by atoms with Crippen LogP contribution in [-0.2, 0) is 16.1 Å². The number of rotatable bonds is 11. The molecule has 54 heavy (non-hydrogen) atoms. The van der Waals surface area contributed by atoms with Gasteiger partial charge in [-0.15, -0.1) is 0 Å². The minimum Gasteiger partial charge on any atom is -0.457 e. The van der Waals surface area contributed by atoms with Crippen LogP contribution in [0.1, 0.15) is 36.0 Å². The molecule has 2 fully saturated rings. The number of hydrogen-bond acceptors (Lipinski definition) is 9. The fourth-order valence-corrected chi connectivity index (χ4v) is 6.80. The van der Waals surface area contributed by atoms with Crippen LogP contribution < -0.4 is 20.3 Å². The Morgan fingerprint density at radius 1 is 0.778 bits per heavy atom. The molecule has 278 valence electrons. The summed E-state index contributed by atoms with van der Waals surface area (Å²) in [4.78, 5) is 28.2. The molecule has 0 unspecified atom stereocenters. The molecule has 3 N–H and O–H groups in total. The first-order chi connectivity index (χ1) is 26.3. The van der Waals surface area contributed by atoms with Gasteiger partial charge in [0.25, 0.3) is 5.69 Å². The second-order valence-corrected chi connectivity index (χ2v) is 13.5. The van der Waals surface area contributed by atoms with E-state index in [1.54, 1.807) is 36.4 Å². The van der Waals surface area contributed by atoms with E-state index in [1.165, 1.54) is 0 Å². The fraction of sp³-hybridized carbons (Fsp3) is 0.262. The van der Waals surface area contributed by atoms with Crippen molar-refractivity contribution in [3.05, 3.63) is 154 Å². The van der Waals surface area contributed by atoms with Gasteiger partial charge in [-0.05, 0) is 71.8 Å². The fourth-order valence-electron chi connectivity index (χ4n) is 6.80. The predicted molar refractivity (Wildman–Crippen MR) is 207 cm³/mol. The molecule has 0 aliphatic carbocycles. The number of carbonyl (C=O) groups is 1. The number of carbonyl (C=O) groups excluding carboxylic acids is 1. The lowest BCUT2D eigenvalue weighted by atomic mass is 9.90. The molecular weight excluding hydrogens is 686 g/mol. The number of urea groups is 1. The summed E-state index contributed by atoms with van der Waals surface area (Å²) in [7, 11) is 0. The largest absolute Gasteiger partial charge is 0.457 e. The Morgan fingerprint density at radius 2 is 1.37 bits per heavy atom. The van der Waals surface area contributed by atoms with Crippen LogP contribution >= 0.6 is 0 Å². The molecule has 5 aromatic rings. The van der Waals surface area contributed by atoms with Crippen molar-refractivity contribution >= 4 is 28.8 Å². The number of benzene rings is 5. The number of non-ortho nitro benzene ring substituents is 1. The molecule has 0 spiro atoms. The van der Waals surface area contributed by atoms with Crippen molar-refractivity contribution in [3.8, 4) is 11.5 Å². The second-order valence-electron chi connectivity index (χ2n) is 13.5. The molecule has 2 saturated heterocycles. The lowest BCUT2D eigenvalue weighted by molar-refractivity contribution is -0.384. The lowest BCUT2D eigenvalue weighted by Crippen LogP contribution is -2.51. The Kier molecular flexibility index (Phi) is 11.5. The van der Waals surface area contributed by atoms with Gasteiger partial charge in [0.15, 0.2) is 6.29 Å². The lowest BCUT2D eigenvalue weighted by Gasteiger charge is -2.44. The second kappa shape index (κ2) is 16.9. The maximum atomic E-state index is 12.8. The first kappa shape index (κ1) is 36.6. The van der Waals surface area contributed by atoms with E-state index in [9.17, 15) is 20.0 Å². The topological polar surface area (TPSA) is 139 Å². The van der Waals surface area contributed by atoms with Crippen molar-refractivity contribution in [2.24, 2.45) is 5.92 Å². The molecule has 12 nitrogen and oxygen atoms in total. The summed E-state index contributed by atoms with van der Waals surface area (Å²) in [5, 5.41) is 26.5. The van der Waals surface area contributed by atoms with Crippen LogP contribution in [-0.4, -0.2) is 59.8 Å². The molecule has 0 bridgehead atoms. The highest BCUT2D eigenvalue weighted by atomic mass is 16.7. The van der Waals surface area contributed by atoms with Crippen molar-refractivity contribution in [1.82, 2.24) is 4.90 Å². The van der Waals surface area contributed by atoms with E-state index in [-0.39, 0.29) is 41.4 Å². The molecule has 12 heteroatoms. The summed E-state index contributed by atoms with van der Waals surface area (Å²) in [6.07, 6.45) is -1.05. The van der Waals surface area contributed by atoms with Crippen molar-refractivity contribution < 1.29 is 29.0 Å². The summed E-state index contributed by atoms with van der Waals surface area (Å²) in [6.45, 7) is 6.05. The van der Waals surface area contributed by atoms with E-state index in [4.69, 9.17) is 14.2 Å². The van der Waals surface area contributed by atoms with E-state index in [1.807, 2.05) is 91.0 Å². The monoisotopic (exact) mass is 729 g/mol. The summed E-state index contributed by atoms with van der Waals surface area (Å²) in [6, 6.07) is 38.3. The molecular formula is C42H43N5O7. The number of aliphatic hydroxyl groups excluding tert-OH is 1. The van der Waals surface area contributed by atoms with Gasteiger partial charge in [0.1, 0.15) is 11.5 Å². The van der Waals surface area contributed by atoms with E-state index in [2.05, 4.69) is 27.4 Å². The number of para-hydroxylation sites is 1. The summed E-state index contributed by atoms with van der Waals surface area (Å²) in [5.41, 5.74) is 4.96. The van der Waals surface area contributed by atoms with Crippen LogP contribution in [0, 0.1) is 16.0 Å². The normalized spacial score (nSPS) is 20.2. The molecule has 0 saturated carbocycles. The Labute approximate surface area is 314 Å². The van der Waals surface area contributed by atoms with Gasteiger partial charge in [-0.25, -0.2) is 4.79 Å². The van der Waals surface area contributed by atoms with Crippen molar-refractivity contribution in [2.45, 2.75) is 32.0 Å². The first-order valence-corrected chi connectivity index (χ1v) is 18.0. The molecule has 2 aliphatic heterocycles. The number of ether oxygens (including phenoxy) is 3. The van der Waals surface area contributed by atoms with Gasteiger partial charge in [-0.1, -0.05) is 61.5 Å². The Morgan fingerprint density at radius 3 is 1.98 bits per heavy atom. The third-order valence-corrected chi connectivity index (χ3v) is 9.89. The average Bonchev–Trinajstić information content (AvgIpc) is 3.20. The standard InChI is InChI=1S/C42H43N5O7/c1-29-39(27-45-23-25-46(26-24-45)35-17-19-36(20-18-35)47(50)51)53-41(54-40(29)31-9-7-30(28-48)8-10-31)32-11-13-33(14-12-32)43-42(49)44-34-15-21-38(22-16-34)52-37-5-3-2-4-6-37/h2-22,29,39-41,48H,23-28H2,1H3,(H2,43,44,49)/t29-,39+,40+,41+/m0/s1. The number of amides is 2. The summed E-state index contributed by atoms with van der Waals surface area (Å²) in [5.74, 6) is 1.42. The number of nitrogens with zero attached hydrogens (tertiary/aromatic N) is 3. The van der Waals surface area contributed by atoms with Gasteiger partial charge in [0.05, 0.1) is 23.7 Å². The van der Waals surface area contributed by atoms with Gasteiger partial charge < -0.3 is 34.9 Å². The smallest absolute Gasteiger partial charge is 0.323 e. The maximum Gasteiger partial charge on any atom is 0.323 e. The van der Waals surface area contributed by atoms with Crippen molar-refractivity contribution in [3.63, 3.8) is 0 Å². The van der Waals surface area contributed by atoms with Gasteiger partial charge in [-0.3, -0.25) is 15.0 Å². The third kappa shape index (κ3) is 9.04. The van der Waals surface area contributed by atoms with Crippen LogP contribution in [0.5, 0.6) is 11.5 Å². The highest BCUT2D eigenvalue weighted by Gasteiger charge is 2.39. The molecule has 2 heterocycles. The number of aliphatic hydroxyl groups is 1. The Hall–Kier alpha value is -5.79. The van der Waals surface area contributed by atoms with Crippen LogP contribution in [0.4, 0.5) is 27.5 Å². The summed E-state index contributed by atoms with van der Waals surface area (Å²) >= 11 is 0. The van der Waals surface area contributed by atoms with Crippen molar-refractivity contribution in [2.75, 3.05) is 48.3 Å². The molecule has 0 aromatic heterocycles. The molecule has 2 aliphatic rings. The molecule has 7 rings (SSSR count). The highest BCUT2D eigenvalue weighted by Crippen LogP contribution is 2.42. The van der Waals surface area contributed by atoms with Gasteiger partial charge >= 0.3 is 6.03 Å². The van der Waals surface area contributed by atoms with E-state index in [0.717, 1.165) is 54.3 Å². The minimum absolute atomic E-state index is 0.0255.